The summed E-state index contributed by atoms with van der Waals surface area (Å²) in [6, 6.07) is 6.07. The van der Waals surface area contributed by atoms with Gasteiger partial charge in [0.05, 0.1) is 12.6 Å². The summed E-state index contributed by atoms with van der Waals surface area (Å²) in [4.78, 5) is 11.6. The monoisotopic (exact) mass is 217 g/mol. The van der Waals surface area contributed by atoms with Crippen LogP contribution in [0.3, 0.4) is 0 Å². The number of hydrogen-bond acceptors (Lipinski definition) is 2. The molecule has 0 aliphatic carbocycles. The van der Waals surface area contributed by atoms with Gasteiger partial charge >= 0.3 is 5.97 Å². The van der Waals surface area contributed by atoms with Gasteiger partial charge in [-0.05, 0) is 31.5 Å². The van der Waals surface area contributed by atoms with Crippen LogP contribution in [-0.4, -0.2) is 17.6 Å². The Hall–Kier alpha value is -1.77. The SMILES string of the molecule is COC(=O)c1cc2cc(C)cc(C)c2n1C. The molecule has 3 nitrogen and oxygen atoms in total. The highest BCUT2D eigenvalue weighted by atomic mass is 16.5. The minimum absolute atomic E-state index is 0.296. The molecule has 0 bridgehead atoms. The van der Waals surface area contributed by atoms with Gasteiger partial charge in [0.1, 0.15) is 5.69 Å². The van der Waals surface area contributed by atoms with Crippen LogP contribution >= 0.6 is 0 Å². The number of rotatable bonds is 1. The molecule has 2 aromatic rings. The molecule has 1 heterocycles. The number of hydrogen-bond donors (Lipinski definition) is 0. The molecule has 2 rings (SSSR count). The van der Waals surface area contributed by atoms with Gasteiger partial charge in [-0.2, -0.15) is 0 Å². The molecule has 3 heteroatoms. The molecule has 0 amide bonds. The highest BCUT2D eigenvalue weighted by Gasteiger charge is 2.14. The molecule has 16 heavy (non-hydrogen) atoms. The van der Waals surface area contributed by atoms with E-state index < -0.39 is 0 Å². The number of aryl methyl sites for hydroxylation is 3. The van der Waals surface area contributed by atoms with Crippen molar-refractivity contribution in [2.75, 3.05) is 7.11 Å². The normalized spacial score (nSPS) is 10.8. The molecular formula is C13H15NO2. The zero-order chi connectivity index (χ0) is 11.9. The van der Waals surface area contributed by atoms with E-state index >= 15 is 0 Å². The van der Waals surface area contributed by atoms with Crippen molar-refractivity contribution in [1.29, 1.82) is 0 Å². The summed E-state index contributed by atoms with van der Waals surface area (Å²) in [6.45, 7) is 4.10. The average Bonchev–Trinajstić information content (AvgIpc) is 2.54. The minimum atomic E-state index is -0.296. The van der Waals surface area contributed by atoms with Crippen molar-refractivity contribution in [3.8, 4) is 0 Å². The molecule has 84 valence electrons. The third kappa shape index (κ3) is 1.48. The molecule has 0 unspecified atom stereocenters. The van der Waals surface area contributed by atoms with E-state index in [0.29, 0.717) is 5.69 Å². The zero-order valence-electron chi connectivity index (χ0n) is 10.00. The van der Waals surface area contributed by atoms with Gasteiger partial charge in [0, 0.05) is 12.4 Å². The van der Waals surface area contributed by atoms with Gasteiger partial charge in [-0.15, -0.1) is 0 Å². The lowest BCUT2D eigenvalue weighted by Crippen LogP contribution is -2.07. The third-order valence-electron chi connectivity index (χ3n) is 2.86. The maximum Gasteiger partial charge on any atom is 0.354 e. The Morgan fingerprint density at radius 3 is 2.56 bits per heavy atom. The summed E-state index contributed by atoms with van der Waals surface area (Å²) >= 11 is 0. The Bertz CT molecular complexity index is 567. The van der Waals surface area contributed by atoms with Gasteiger partial charge < -0.3 is 9.30 Å². The maximum atomic E-state index is 11.6. The van der Waals surface area contributed by atoms with Crippen LogP contribution in [0.2, 0.25) is 0 Å². The van der Waals surface area contributed by atoms with Gasteiger partial charge in [0.25, 0.3) is 0 Å². The largest absolute Gasteiger partial charge is 0.464 e. The van der Waals surface area contributed by atoms with Gasteiger partial charge in [0.15, 0.2) is 0 Å². The first-order valence-electron chi connectivity index (χ1n) is 5.19. The zero-order valence-corrected chi connectivity index (χ0v) is 10.00. The van der Waals surface area contributed by atoms with Gasteiger partial charge in [-0.25, -0.2) is 4.79 Å². The summed E-state index contributed by atoms with van der Waals surface area (Å²) in [5.74, 6) is -0.296. The minimum Gasteiger partial charge on any atom is -0.464 e. The van der Waals surface area contributed by atoms with Crippen molar-refractivity contribution in [1.82, 2.24) is 4.57 Å². The van der Waals surface area contributed by atoms with Crippen LogP contribution in [-0.2, 0) is 11.8 Å². The third-order valence-corrected chi connectivity index (χ3v) is 2.86. The quantitative estimate of drug-likeness (QED) is 0.687. The van der Waals surface area contributed by atoms with Crippen LogP contribution in [0.1, 0.15) is 21.6 Å². The van der Waals surface area contributed by atoms with Gasteiger partial charge in [-0.1, -0.05) is 11.6 Å². The first kappa shape index (κ1) is 10.7. The highest BCUT2D eigenvalue weighted by molar-refractivity contribution is 5.96. The number of ether oxygens (including phenoxy) is 1. The molecule has 0 saturated carbocycles. The van der Waals surface area contributed by atoms with Crippen molar-refractivity contribution >= 4 is 16.9 Å². The summed E-state index contributed by atoms with van der Waals surface area (Å²) in [5.41, 5.74) is 4.05. The van der Waals surface area contributed by atoms with Crippen molar-refractivity contribution in [3.63, 3.8) is 0 Å². The van der Waals surface area contributed by atoms with Crippen molar-refractivity contribution in [2.24, 2.45) is 7.05 Å². The predicted molar refractivity (Wildman–Crippen MR) is 63.7 cm³/mol. The highest BCUT2D eigenvalue weighted by Crippen LogP contribution is 2.24. The number of fused-ring (bicyclic) bond motifs is 1. The van der Waals surface area contributed by atoms with Gasteiger partial charge in [-0.3, -0.25) is 0 Å². The number of methoxy groups -OCH3 is 1. The summed E-state index contributed by atoms with van der Waals surface area (Å²) in [5, 5.41) is 1.08. The van der Waals surface area contributed by atoms with Crippen LogP contribution < -0.4 is 0 Å². The second kappa shape index (κ2) is 3.67. The van der Waals surface area contributed by atoms with Crippen molar-refractivity contribution in [3.05, 3.63) is 35.0 Å². The number of esters is 1. The molecule has 0 N–H and O–H groups in total. The standard InChI is InChI=1S/C13H15NO2/c1-8-5-9(2)12-10(6-8)7-11(14(12)3)13(15)16-4/h5-7H,1-4H3. The second-order valence-electron chi connectivity index (χ2n) is 4.10. The summed E-state index contributed by atoms with van der Waals surface area (Å²) in [7, 11) is 3.29. The van der Waals surface area contributed by atoms with Crippen molar-refractivity contribution in [2.45, 2.75) is 13.8 Å². The molecule has 0 aliphatic heterocycles. The van der Waals surface area contributed by atoms with E-state index in [0.717, 1.165) is 10.9 Å². The van der Waals surface area contributed by atoms with E-state index in [9.17, 15) is 4.79 Å². The van der Waals surface area contributed by atoms with Crippen LogP contribution in [0.15, 0.2) is 18.2 Å². The lowest BCUT2D eigenvalue weighted by atomic mass is 10.1. The molecule has 0 saturated heterocycles. The summed E-state index contributed by atoms with van der Waals surface area (Å²) < 4.78 is 6.64. The molecule has 0 spiro atoms. The number of carbonyl (C=O) groups excluding carboxylic acids is 1. The number of aromatic nitrogens is 1. The fourth-order valence-electron chi connectivity index (χ4n) is 2.23. The Morgan fingerprint density at radius 2 is 1.94 bits per heavy atom. The number of benzene rings is 1. The van der Waals surface area contributed by atoms with E-state index in [2.05, 4.69) is 26.0 Å². The predicted octanol–water partition coefficient (Wildman–Crippen LogP) is 2.58. The topological polar surface area (TPSA) is 31.2 Å². The smallest absolute Gasteiger partial charge is 0.354 e. The molecule has 0 radical (unpaired) electrons. The summed E-state index contributed by atoms with van der Waals surface area (Å²) in [6.07, 6.45) is 0. The van der Waals surface area contributed by atoms with E-state index in [1.807, 2.05) is 17.7 Å². The average molecular weight is 217 g/mol. The van der Waals surface area contributed by atoms with E-state index in [1.54, 1.807) is 0 Å². The van der Waals surface area contributed by atoms with Crippen LogP contribution in [0.4, 0.5) is 0 Å². The van der Waals surface area contributed by atoms with Crippen molar-refractivity contribution < 1.29 is 9.53 Å². The Balaban J connectivity index is 2.78. The fraction of sp³-hybridized carbons (Fsp3) is 0.308. The van der Waals surface area contributed by atoms with Crippen LogP contribution in [0.25, 0.3) is 10.9 Å². The molecule has 1 aromatic heterocycles. The maximum absolute atomic E-state index is 11.6. The molecule has 0 atom stereocenters. The molecule has 0 aliphatic rings. The first-order chi connectivity index (χ1) is 7.54. The van der Waals surface area contributed by atoms with Crippen LogP contribution in [0, 0.1) is 13.8 Å². The second-order valence-corrected chi connectivity index (χ2v) is 4.10. The molecule has 1 aromatic carbocycles. The molecular weight excluding hydrogens is 202 g/mol. The number of nitrogens with zero attached hydrogens (tertiary/aromatic N) is 1. The molecule has 0 fully saturated rings. The Morgan fingerprint density at radius 1 is 1.25 bits per heavy atom. The first-order valence-corrected chi connectivity index (χ1v) is 5.19. The van der Waals surface area contributed by atoms with E-state index in [1.165, 1.54) is 18.2 Å². The Labute approximate surface area is 94.6 Å². The number of carbonyl (C=O) groups is 1. The lowest BCUT2D eigenvalue weighted by molar-refractivity contribution is 0.0590. The fourth-order valence-corrected chi connectivity index (χ4v) is 2.23. The van der Waals surface area contributed by atoms with Crippen LogP contribution in [0.5, 0.6) is 0 Å². The van der Waals surface area contributed by atoms with E-state index in [4.69, 9.17) is 4.74 Å². The lowest BCUT2D eigenvalue weighted by Gasteiger charge is -2.04. The van der Waals surface area contributed by atoms with E-state index in [-0.39, 0.29) is 5.97 Å². The van der Waals surface area contributed by atoms with Gasteiger partial charge in [0.2, 0.25) is 0 Å². The Kier molecular flexibility index (Phi) is 2.46.